The highest BCUT2D eigenvalue weighted by Crippen LogP contribution is 2.25. The normalized spacial score (nSPS) is 16.3. The summed E-state index contributed by atoms with van der Waals surface area (Å²) in [7, 11) is 1.54. The van der Waals surface area contributed by atoms with Crippen molar-refractivity contribution in [3.63, 3.8) is 0 Å². The Bertz CT molecular complexity index is 1050. The molecule has 0 spiro atoms. The molecular weight excluding hydrogens is 384 g/mol. The lowest BCUT2D eigenvalue weighted by Crippen LogP contribution is -2.50. The average Bonchev–Trinajstić information content (AvgIpc) is 3.24. The summed E-state index contributed by atoms with van der Waals surface area (Å²) in [6, 6.07) is 10.1. The zero-order valence-electron chi connectivity index (χ0n) is 16.6. The van der Waals surface area contributed by atoms with Gasteiger partial charge in [0.25, 0.3) is 5.91 Å². The van der Waals surface area contributed by atoms with Gasteiger partial charge in [0.2, 0.25) is 11.8 Å². The van der Waals surface area contributed by atoms with Gasteiger partial charge in [0, 0.05) is 18.8 Å². The summed E-state index contributed by atoms with van der Waals surface area (Å²) in [4.78, 5) is 35.2. The maximum atomic E-state index is 13.2. The lowest BCUT2D eigenvalue weighted by Gasteiger charge is -2.33. The van der Waals surface area contributed by atoms with Crippen LogP contribution in [0.2, 0.25) is 0 Å². The first kappa shape index (κ1) is 19.6. The third kappa shape index (κ3) is 3.73. The number of methoxy groups -OCH3 is 1. The minimum atomic E-state index is -0.614. The number of hydrogen-bond acceptors (Lipinski definition) is 6. The Morgan fingerprint density at radius 2 is 2.03 bits per heavy atom. The largest absolute Gasteiger partial charge is 0.481 e. The molecule has 0 aliphatic carbocycles. The number of likely N-dealkylation sites (tertiary alicyclic amines) is 1. The highest BCUT2D eigenvalue weighted by atomic mass is 16.5. The van der Waals surface area contributed by atoms with E-state index in [1.54, 1.807) is 42.4 Å². The number of ether oxygens (including phenoxy) is 1. The van der Waals surface area contributed by atoms with Crippen molar-refractivity contribution in [3.8, 4) is 23.0 Å². The predicted octanol–water partition coefficient (Wildman–Crippen LogP) is 1.82. The molecular formula is C21H22N6O3. The molecule has 30 heavy (non-hydrogen) atoms. The number of aromatic nitrogens is 4. The van der Waals surface area contributed by atoms with E-state index in [2.05, 4.69) is 15.1 Å². The van der Waals surface area contributed by atoms with Crippen LogP contribution in [0.5, 0.6) is 5.88 Å². The maximum Gasteiger partial charge on any atom is 0.275 e. The van der Waals surface area contributed by atoms with E-state index in [4.69, 9.17) is 10.5 Å². The van der Waals surface area contributed by atoms with E-state index in [0.29, 0.717) is 35.9 Å². The molecule has 9 heteroatoms. The molecule has 9 nitrogen and oxygen atoms in total. The van der Waals surface area contributed by atoms with Gasteiger partial charge in [-0.1, -0.05) is 6.07 Å². The molecule has 1 saturated heterocycles. The molecule has 1 fully saturated rings. The van der Waals surface area contributed by atoms with Gasteiger partial charge in [-0.05, 0) is 43.5 Å². The minimum absolute atomic E-state index is 0.222. The second kappa shape index (κ2) is 8.32. The highest BCUT2D eigenvalue weighted by molar-refractivity contribution is 5.97. The van der Waals surface area contributed by atoms with Crippen LogP contribution in [0.4, 0.5) is 0 Å². The molecule has 0 aromatic carbocycles. The first-order valence-electron chi connectivity index (χ1n) is 9.70. The van der Waals surface area contributed by atoms with E-state index >= 15 is 0 Å². The Kier molecular flexibility index (Phi) is 5.42. The van der Waals surface area contributed by atoms with Crippen LogP contribution in [-0.2, 0) is 4.79 Å². The molecule has 4 rings (SSSR count). The number of nitrogens with zero attached hydrogens (tertiary/aromatic N) is 5. The zero-order valence-corrected chi connectivity index (χ0v) is 16.6. The van der Waals surface area contributed by atoms with Gasteiger partial charge in [-0.2, -0.15) is 5.10 Å². The van der Waals surface area contributed by atoms with E-state index < -0.39 is 11.9 Å². The van der Waals surface area contributed by atoms with Crippen molar-refractivity contribution < 1.29 is 14.3 Å². The van der Waals surface area contributed by atoms with Gasteiger partial charge in [-0.3, -0.25) is 14.6 Å². The first-order chi connectivity index (χ1) is 14.6. The smallest absolute Gasteiger partial charge is 0.275 e. The fourth-order valence-corrected chi connectivity index (χ4v) is 3.62. The van der Waals surface area contributed by atoms with Gasteiger partial charge < -0.3 is 15.4 Å². The number of rotatable bonds is 5. The molecule has 0 saturated carbocycles. The predicted molar refractivity (Wildman–Crippen MR) is 109 cm³/mol. The van der Waals surface area contributed by atoms with E-state index in [1.807, 2.05) is 18.2 Å². The van der Waals surface area contributed by atoms with Crippen LogP contribution in [0.1, 0.15) is 29.8 Å². The Labute approximate surface area is 173 Å². The Balaban J connectivity index is 1.76. The number of nitrogens with two attached hydrogens (primary N) is 1. The van der Waals surface area contributed by atoms with E-state index in [1.165, 1.54) is 4.90 Å². The van der Waals surface area contributed by atoms with Crippen LogP contribution in [0.3, 0.4) is 0 Å². The van der Waals surface area contributed by atoms with Crippen molar-refractivity contribution in [1.29, 1.82) is 0 Å². The molecule has 1 aliphatic heterocycles. The standard InChI is InChI=1S/C21H22N6O3/c1-30-19-9-8-14(13-24-19)27-18(15-6-2-4-10-23-15)12-16(25-27)21(29)26-11-5-3-7-17(26)20(22)28/h2,4,6,8-10,12-13,17H,3,5,7,11H2,1H3,(H2,22,28). The monoisotopic (exact) mass is 406 g/mol. The number of pyridine rings is 2. The summed E-state index contributed by atoms with van der Waals surface area (Å²) < 4.78 is 6.74. The summed E-state index contributed by atoms with van der Waals surface area (Å²) in [6.07, 6.45) is 5.54. The van der Waals surface area contributed by atoms with Gasteiger partial charge >= 0.3 is 0 Å². The number of carbonyl (C=O) groups is 2. The van der Waals surface area contributed by atoms with Crippen molar-refractivity contribution in [2.24, 2.45) is 5.73 Å². The molecule has 1 aliphatic rings. The molecule has 1 atom stereocenters. The van der Waals surface area contributed by atoms with Crippen LogP contribution in [0.25, 0.3) is 17.1 Å². The number of amides is 2. The highest BCUT2D eigenvalue weighted by Gasteiger charge is 2.33. The quantitative estimate of drug-likeness (QED) is 0.691. The van der Waals surface area contributed by atoms with Crippen LogP contribution in [-0.4, -0.2) is 56.2 Å². The molecule has 2 N–H and O–H groups in total. The summed E-state index contributed by atoms with van der Waals surface area (Å²) in [6.45, 7) is 0.475. The minimum Gasteiger partial charge on any atom is -0.481 e. The van der Waals surface area contributed by atoms with Gasteiger partial charge in [-0.25, -0.2) is 9.67 Å². The van der Waals surface area contributed by atoms with Crippen LogP contribution >= 0.6 is 0 Å². The lowest BCUT2D eigenvalue weighted by atomic mass is 10.0. The van der Waals surface area contributed by atoms with E-state index in [0.717, 1.165) is 12.8 Å². The van der Waals surface area contributed by atoms with E-state index in [-0.39, 0.29) is 11.6 Å². The van der Waals surface area contributed by atoms with Crippen molar-refractivity contribution >= 4 is 11.8 Å². The molecule has 154 valence electrons. The SMILES string of the molecule is COc1ccc(-n2nc(C(=O)N3CCCCC3C(N)=O)cc2-c2ccccn2)cn1. The number of carbonyl (C=O) groups excluding carboxylic acids is 2. The topological polar surface area (TPSA) is 116 Å². The summed E-state index contributed by atoms with van der Waals surface area (Å²) in [5.74, 6) is -0.345. The third-order valence-electron chi connectivity index (χ3n) is 5.12. The van der Waals surface area contributed by atoms with Crippen LogP contribution in [0, 0.1) is 0 Å². The van der Waals surface area contributed by atoms with Crippen molar-refractivity contribution in [3.05, 3.63) is 54.5 Å². The first-order valence-corrected chi connectivity index (χ1v) is 9.70. The second-order valence-electron chi connectivity index (χ2n) is 7.01. The Morgan fingerprint density at radius 1 is 1.17 bits per heavy atom. The zero-order chi connectivity index (χ0) is 21.1. The van der Waals surface area contributed by atoms with Gasteiger partial charge in [0.15, 0.2) is 5.69 Å². The van der Waals surface area contributed by atoms with Gasteiger partial charge in [0.05, 0.1) is 30.4 Å². The third-order valence-corrected chi connectivity index (χ3v) is 5.12. The molecule has 2 amide bonds. The summed E-state index contributed by atoms with van der Waals surface area (Å²) in [5, 5.41) is 4.53. The second-order valence-corrected chi connectivity index (χ2v) is 7.01. The molecule has 0 bridgehead atoms. The van der Waals surface area contributed by atoms with Crippen molar-refractivity contribution in [2.75, 3.05) is 13.7 Å². The van der Waals surface area contributed by atoms with Gasteiger partial charge in [0.1, 0.15) is 6.04 Å². The number of hydrogen-bond donors (Lipinski definition) is 1. The number of primary amides is 1. The summed E-state index contributed by atoms with van der Waals surface area (Å²) >= 11 is 0. The molecule has 3 aromatic rings. The number of piperidine rings is 1. The molecule has 3 aromatic heterocycles. The summed E-state index contributed by atoms with van der Waals surface area (Å²) in [5.41, 5.74) is 7.70. The van der Waals surface area contributed by atoms with E-state index in [9.17, 15) is 9.59 Å². The average molecular weight is 406 g/mol. The van der Waals surface area contributed by atoms with Crippen LogP contribution < -0.4 is 10.5 Å². The fourth-order valence-electron chi connectivity index (χ4n) is 3.62. The Morgan fingerprint density at radius 3 is 2.70 bits per heavy atom. The van der Waals surface area contributed by atoms with Crippen molar-refractivity contribution in [2.45, 2.75) is 25.3 Å². The lowest BCUT2D eigenvalue weighted by molar-refractivity contribution is -0.123. The Hall–Kier alpha value is -3.75. The van der Waals surface area contributed by atoms with Crippen LogP contribution in [0.15, 0.2) is 48.8 Å². The molecule has 1 unspecified atom stereocenters. The molecule has 4 heterocycles. The molecule has 0 radical (unpaired) electrons. The van der Waals surface area contributed by atoms with Gasteiger partial charge in [-0.15, -0.1) is 0 Å². The fraction of sp³-hybridized carbons (Fsp3) is 0.286. The van der Waals surface area contributed by atoms with Crippen molar-refractivity contribution in [1.82, 2.24) is 24.6 Å². The maximum absolute atomic E-state index is 13.2.